The summed E-state index contributed by atoms with van der Waals surface area (Å²) in [6.07, 6.45) is -1.28. The molecular weight excluding hydrogens is 810 g/mol. The van der Waals surface area contributed by atoms with E-state index in [0.717, 1.165) is 86.5 Å². The van der Waals surface area contributed by atoms with Crippen molar-refractivity contribution in [2.24, 2.45) is 5.92 Å². The number of hydrogen-bond donors (Lipinski definition) is 4. The van der Waals surface area contributed by atoms with E-state index in [-0.39, 0.29) is 54.0 Å². The number of rotatable bonds is 14. The van der Waals surface area contributed by atoms with Crippen LogP contribution in [-0.2, 0) is 27.0 Å². The van der Waals surface area contributed by atoms with Crippen molar-refractivity contribution < 1.29 is 47.0 Å². The number of aliphatic hydroxyl groups excluding tert-OH is 1. The second kappa shape index (κ2) is 18.3. The monoisotopic (exact) mass is 858 g/mol. The molecule has 8 rings (SSSR count). The maximum absolute atomic E-state index is 13.4. The topological polar surface area (TPSA) is 178 Å². The number of aliphatic hydroxyl groups is 1. The summed E-state index contributed by atoms with van der Waals surface area (Å²) < 4.78 is 48.2. The number of amides is 5. The minimum absolute atomic E-state index is 0.000827. The molecule has 3 fully saturated rings. The minimum atomic E-state index is -4.58. The van der Waals surface area contributed by atoms with E-state index < -0.39 is 47.3 Å². The lowest BCUT2D eigenvalue weighted by Gasteiger charge is -2.34. The van der Waals surface area contributed by atoms with E-state index in [2.05, 4.69) is 31.8 Å². The van der Waals surface area contributed by atoms with Crippen molar-refractivity contribution >= 4 is 52.2 Å². The van der Waals surface area contributed by atoms with Crippen molar-refractivity contribution in [2.75, 3.05) is 69.7 Å². The zero-order valence-corrected chi connectivity index (χ0v) is 34.1. The molecule has 0 spiro atoms. The van der Waals surface area contributed by atoms with E-state index >= 15 is 0 Å². The molecule has 2 saturated heterocycles. The van der Waals surface area contributed by atoms with E-state index in [1.54, 1.807) is 18.2 Å². The van der Waals surface area contributed by atoms with Gasteiger partial charge in [-0.05, 0) is 86.1 Å². The summed E-state index contributed by atoms with van der Waals surface area (Å²) in [5.74, 6) is -2.39. The van der Waals surface area contributed by atoms with Crippen LogP contribution in [0.2, 0.25) is 0 Å². The van der Waals surface area contributed by atoms with Gasteiger partial charge in [0, 0.05) is 76.1 Å². The molecule has 15 nitrogen and oxygen atoms in total. The summed E-state index contributed by atoms with van der Waals surface area (Å²) >= 11 is 0. The van der Waals surface area contributed by atoms with Crippen molar-refractivity contribution in [1.82, 2.24) is 29.6 Å². The highest BCUT2D eigenvalue weighted by atomic mass is 19.4. The number of hydrogen-bond acceptors (Lipinski definition) is 11. The predicted molar refractivity (Wildman–Crippen MR) is 221 cm³/mol. The lowest BCUT2D eigenvalue weighted by Crippen LogP contribution is -2.54. The van der Waals surface area contributed by atoms with E-state index in [1.807, 2.05) is 16.7 Å². The SMILES string of the molecule is O=C1CCC(N2C(=O)c3cccc(NCCOCCN4CCN(Cc5ccc6c(c5)nc(NC(=O)c5cccc(C(F)(F)F)c5)n6C5CCC(CO)CC5)CC4)c3C2=O)C(=O)N1. The van der Waals surface area contributed by atoms with Gasteiger partial charge in [0.05, 0.1) is 40.9 Å². The van der Waals surface area contributed by atoms with Gasteiger partial charge in [-0.2, -0.15) is 13.2 Å². The molecule has 328 valence electrons. The fourth-order valence-electron chi connectivity index (χ4n) is 8.94. The molecule has 3 aliphatic heterocycles. The zero-order valence-electron chi connectivity index (χ0n) is 34.1. The first-order valence-electron chi connectivity index (χ1n) is 21.1. The third kappa shape index (κ3) is 9.23. The van der Waals surface area contributed by atoms with Crippen LogP contribution in [0.5, 0.6) is 0 Å². The number of piperidine rings is 1. The van der Waals surface area contributed by atoms with Gasteiger partial charge >= 0.3 is 6.18 Å². The lowest BCUT2D eigenvalue weighted by atomic mass is 9.86. The van der Waals surface area contributed by atoms with Gasteiger partial charge in [0.2, 0.25) is 17.8 Å². The third-order valence-electron chi connectivity index (χ3n) is 12.3. The lowest BCUT2D eigenvalue weighted by molar-refractivity contribution is -0.138. The van der Waals surface area contributed by atoms with Gasteiger partial charge in [0.25, 0.3) is 17.7 Å². The van der Waals surface area contributed by atoms with E-state index in [9.17, 15) is 42.3 Å². The Morgan fingerprint density at radius 3 is 2.39 bits per heavy atom. The van der Waals surface area contributed by atoms with Crippen LogP contribution in [-0.4, -0.2) is 124 Å². The highest BCUT2D eigenvalue weighted by Gasteiger charge is 2.45. The Bertz CT molecular complexity index is 2350. The molecule has 4 aromatic rings. The van der Waals surface area contributed by atoms with Crippen LogP contribution in [0.4, 0.5) is 24.8 Å². The van der Waals surface area contributed by atoms with E-state index in [4.69, 9.17) is 9.72 Å². The number of ether oxygens (including phenoxy) is 1. The van der Waals surface area contributed by atoms with E-state index in [1.165, 1.54) is 12.1 Å². The summed E-state index contributed by atoms with van der Waals surface area (Å²) in [6, 6.07) is 14.3. The number of piperazine rings is 1. The van der Waals surface area contributed by atoms with Crippen LogP contribution in [0.1, 0.15) is 86.8 Å². The van der Waals surface area contributed by atoms with Crippen molar-refractivity contribution in [3.8, 4) is 0 Å². The first kappa shape index (κ1) is 43.0. The Morgan fingerprint density at radius 1 is 0.887 bits per heavy atom. The van der Waals surface area contributed by atoms with Gasteiger partial charge in [-0.15, -0.1) is 0 Å². The number of nitrogens with one attached hydrogen (secondary N) is 3. The third-order valence-corrected chi connectivity index (χ3v) is 12.3. The Morgan fingerprint density at radius 2 is 1.65 bits per heavy atom. The molecular formula is C44H49F3N8O7. The molecule has 1 aliphatic carbocycles. The molecule has 18 heteroatoms. The number of benzene rings is 3. The molecule has 62 heavy (non-hydrogen) atoms. The van der Waals surface area contributed by atoms with Crippen LogP contribution in [0.3, 0.4) is 0 Å². The average Bonchev–Trinajstić information content (AvgIpc) is 3.74. The number of imidazole rings is 1. The van der Waals surface area contributed by atoms with Gasteiger partial charge in [-0.3, -0.25) is 49.3 Å². The van der Waals surface area contributed by atoms with Crippen molar-refractivity contribution in [1.29, 1.82) is 0 Å². The standard InChI is InChI=1S/C44H49F3N8O7/c45-44(46,47)30-4-1-3-29(24-30)39(58)51-43-49-34-23-28(9-12-35(34)54(43)31-10-7-27(26-56)8-11-31)25-53-18-16-52(17-19-53)20-22-62-21-15-48-33-6-2-5-32-38(33)42(61)55(41(32)60)36-13-14-37(57)50-40(36)59/h1-6,9,12,23-24,27,31,36,48,56H,7-8,10-11,13-22,25-26H2,(H,49,51,58)(H,50,57,59). The number of nitrogens with zero attached hydrogens (tertiary/aromatic N) is 5. The maximum Gasteiger partial charge on any atom is 0.416 e. The van der Waals surface area contributed by atoms with Gasteiger partial charge in [-0.25, -0.2) is 4.98 Å². The van der Waals surface area contributed by atoms with Crippen LogP contribution in [0, 0.1) is 5.92 Å². The Balaban J connectivity index is 0.820. The molecule has 5 amide bonds. The van der Waals surface area contributed by atoms with Crippen molar-refractivity contribution in [3.63, 3.8) is 0 Å². The second-order valence-corrected chi connectivity index (χ2v) is 16.4. The largest absolute Gasteiger partial charge is 0.416 e. The average molecular weight is 859 g/mol. The van der Waals surface area contributed by atoms with E-state index in [0.29, 0.717) is 37.5 Å². The Labute approximate surface area is 355 Å². The van der Waals surface area contributed by atoms with Gasteiger partial charge < -0.3 is 19.7 Å². The highest BCUT2D eigenvalue weighted by molar-refractivity contribution is 6.25. The molecule has 1 unspecified atom stereocenters. The summed E-state index contributed by atoms with van der Waals surface area (Å²) in [6.45, 7) is 6.16. The minimum Gasteiger partial charge on any atom is -0.396 e. The molecule has 0 radical (unpaired) electrons. The highest BCUT2D eigenvalue weighted by Crippen LogP contribution is 2.38. The number of aromatic nitrogens is 2. The van der Waals surface area contributed by atoms with Gasteiger partial charge in [0.1, 0.15) is 6.04 Å². The number of alkyl halides is 3. The summed E-state index contributed by atoms with van der Waals surface area (Å²) in [4.78, 5) is 74.3. The first-order chi connectivity index (χ1) is 29.9. The summed E-state index contributed by atoms with van der Waals surface area (Å²) in [7, 11) is 0. The molecule has 1 atom stereocenters. The second-order valence-electron chi connectivity index (χ2n) is 16.4. The number of imide groups is 2. The van der Waals surface area contributed by atoms with Gasteiger partial charge in [0.15, 0.2) is 0 Å². The molecule has 3 aromatic carbocycles. The zero-order chi connectivity index (χ0) is 43.5. The Hall–Kier alpha value is -5.69. The number of carbonyl (C=O) groups is 5. The quantitative estimate of drug-likeness (QED) is 0.102. The molecule has 4 N–H and O–H groups in total. The normalized spacial score (nSPS) is 21.4. The molecule has 4 aliphatic rings. The molecule has 1 aromatic heterocycles. The molecule has 1 saturated carbocycles. The van der Waals surface area contributed by atoms with Crippen LogP contribution < -0.4 is 16.0 Å². The molecule has 0 bridgehead atoms. The Kier molecular flexibility index (Phi) is 12.7. The summed E-state index contributed by atoms with van der Waals surface area (Å²) in [5, 5.41) is 17.9. The van der Waals surface area contributed by atoms with Crippen LogP contribution in [0.25, 0.3) is 11.0 Å². The number of fused-ring (bicyclic) bond motifs is 2. The first-order valence-corrected chi connectivity index (χ1v) is 21.1. The number of anilines is 2. The predicted octanol–water partition coefficient (Wildman–Crippen LogP) is 4.68. The van der Waals surface area contributed by atoms with Crippen LogP contribution in [0.15, 0.2) is 60.7 Å². The van der Waals surface area contributed by atoms with Crippen LogP contribution >= 0.6 is 0 Å². The fraction of sp³-hybridized carbons (Fsp3) is 0.455. The fourth-order valence-corrected chi connectivity index (χ4v) is 8.94. The molecule has 4 heterocycles. The van der Waals surface area contributed by atoms with Crippen molar-refractivity contribution in [3.05, 3.63) is 88.5 Å². The van der Waals surface area contributed by atoms with Crippen molar-refractivity contribution in [2.45, 2.75) is 63.3 Å². The summed E-state index contributed by atoms with van der Waals surface area (Å²) in [5.41, 5.74) is 2.44. The van der Waals surface area contributed by atoms with Gasteiger partial charge in [-0.1, -0.05) is 18.2 Å². The smallest absolute Gasteiger partial charge is 0.396 e. The number of halogens is 3. The maximum atomic E-state index is 13.4. The number of carbonyl (C=O) groups excluding carboxylic acids is 5.